The van der Waals surface area contributed by atoms with E-state index in [0.717, 1.165) is 17.7 Å². The Morgan fingerprint density at radius 1 is 1.45 bits per heavy atom. The van der Waals surface area contributed by atoms with Gasteiger partial charge >= 0.3 is 0 Å². The molecule has 0 aromatic heterocycles. The zero-order valence-electron chi connectivity index (χ0n) is 11.9. The molecule has 0 unspecified atom stereocenters. The average molecular weight is 271 g/mol. The highest BCUT2D eigenvalue weighted by Gasteiger charge is 2.19. The van der Waals surface area contributed by atoms with Crippen LogP contribution in [0.25, 0.3) is 0 Å². The highest BCUT2D eigenvalue weighted by Crippen LogP contribution is 2.25. The summed E-state index contributed by atoms with van der Waals surface area (Å²) < 4.78 is 0. The van der Waals surface area contributed by atoms with Gasteiger partial charge in [0.05, 0.1) is 12.2 Å². The van der Waals surface area contributed by atoms with Gasteiger partial charge in [-0.05, 0) is 43.4 Å². The molecule has 2 rings (SSSR count). The average Bonchev–Trinajstić information content (AvgIpc) is 2.37. The summed E-state index contributed by atoms with van der Waals surface area (Å²) in [7, 11) is 0. The number of nitrogens with one attached hydrogen (secondary N) is 1. The second-order valence-electron chi connectivity index (χ2n) is 5.33. The Morgan fingerprint density at radius 3 is 2.90 bits per heavy atom. The number of hydrogen-bond donors (Lipinski definition) is 2. The third-order valence-electron chi connectivity index (χ3n) is 3.66. The number of rotatable bonds is 4. The first-order chi connectivity index (χ1) is 9.70. The van der Waals surface area contributed by atoms with Gasteiger partial charge in [-0.3, -0.25) is 4.79 Å². The first-order valence-corrected chi connectivity index (χ1v) is 7.19. The molecule has 1 amide bonds. The van der Waals surface area contributed by atoms with Crippen molar-refractivity contribution in [3.8, 4) is 11.8 Å². The first kappa shape index (κ1) is 14.6. The van der Waals surface area contributed by atoms with E-state index < -0.39 is 0 Å². The monoisotopic (exact) mass is 271 g/mol. The van der Waals surface area contributed by atoms with Gasteiger partial charge in [-0.1, -0.05) is 24.3 Å². The van der Waals surface area contributed by atoms with Crippen LogP contribution in [-0.2, 0) is 0 Å². The molecule has 1 aliphatic carbocycles. The normalized spacial score (nSPS) is 14.1. The Hall–Kier alpha value is -1.79. The van der Waals surface area contributed by atoms with E-state index in [1.54, 1.807) is 0 Å². The molecule has 2 N–H and O–H groups in total. The predicted molar refractivity (Wildman–Crippen MR) is 79.4 cm³/mol. The highest BCUT2D eigenvalue weighted by molar-refractivity contribution is 5.96. The Labute approximate surface area is 120 Å². The number of benzene rings is 1. The molecule has 1 aromatic rings. The quantitative estimate of drug-likeness (QED) is 0.825. The summed E-state index contributed by atoms with van der Waals surface area (Å²) in [5, 5.41) is 11.8. The maximum Gasteiger partial charge on any atom is 0.252 e. The van der Waals surface area contributed by atoms with E-state index >= 15 is 0 Å². The van der Waals surface area contributed by atoms with E-state index in [1.807, 2.05) is 25.1 Å². The molecule has 3 heteroatoms. The van der Waals surface area contributed by atoms with Gasteiger partial charge in [0.1, 0.15) is 0 Å². The minimum atomic E-state index is -0.0507. The summed E-state index contributed by atoms with van der Waals surface area (Å²) in [4.78, 5) is 12.2. The molecule has 20 heavy (non-hydrogen) atoms. The minimum absolute atomic E-state index is 0.0437. The van der Waals surface area contributed by atoms with E-state index in [9.17, 15) is 4.79 Å². The van der Waals surface area contributed by atoms with E-state index in [4.69, 9.17) is 5.11 Å². The number of amides is 1. The lowest BCUT2D eigenvalue weighted by atomic mass is 9.85. The smallest absolute Gasteiger partial charge is 0.252 e. The van der Waals surface area contributed by atoms with Crippen LogP contribution in [0.3, 0.4) is 0 Å². The standard InChI is InChI=1S/C17H21NO2/c1-13-8-9-16(15(11-13)7-2-3-10-19)17(20)18-12-14-5-4-6-14/h8-9,11,14,19H,3-6,10,12H2,1H3,(H,18,20). The van der Waals surface area contributed by atoms with Gasteiger partial charge in [-0.25, -0.2) is 0 Å². The van der Waals surface area contributed by atoms with Crippen molar-refractivity contribution in [2.24, 2.45) is 5.92 Å². The van der Waals surface area contributed by atoms with Crippen LogP contribution in [0.1, 0.15) is 47.2 Å². The lowest BCUT2D eigenvalue weighted by molar-refractivity contribution is 0.0939. The maximum atomic E-state index is 12.2. The molecule has 0 saturated heterocycles. The molecule has 0 spiro atoms. The number of carbonyl (C=O) groups is 1. The molecule has 3 nitrogen and oxygen atoms in total. The van der Waals surface area contributed by atoms with Crippen LogP contribution in [0, 0.1) is 24.7 Å². The largest absolute Gasteiger partial charge is 0.395 e. The van der Waals surface area contributed by atoms with Crippen molar-refractivity contribution in [3.05, 3.63) is 34.9 Å². The molecule has 0 bridgehead atoms. The summed E-state index contributed by atoms with van der Waals surface area (Å²) in [6, 6.07) is 5.67. The number of carbonyl (C=O) groups excluding carboxylic acids is 1. The van der Waals surface area contributed by atoms with Crippen LogP contribution >= 0.6 is 0 Å². The molecule has 106 valence electrons. The third-order valence-corrected chi connectivity index (χ3v) is 3.66. The van der Waals surface area contributed by atoms with Crippen LogP contribution in [-0.4, -0.2) is 24.2 Å². The molecule has 0 atom stereocenters. The van der Waals surface area contributed by atoms with Gasteiger partial charge < -0.3 is 10.4 Å². The molecule has 1 fully saturated rings. The summed E-state index contributed by atoms with van der Waals surface area (Å²) in [5.74, 6) is 6.46. The fourth-order valence-corrected chi connectivity index (χ4v) is 2.20. The summed E-state index contributed by atoms with van der Waals surface area (Å²) in [5.41, 5.74) is 2.44. The topological polar surface area (TPSA) is 49.3 Å². The maximum absolute atomic E-state index is 12.2. The van der Waals surface area contributed by atoms with Crippen LogP contribution in [0.5, 0.6) is 0 Å². The van der Waals surface area contributed by atoms with Crippen LogP contribution in [0.4, 0.5) is 0 Å². The fraction of sp³-hybridized carbons (Fsp3) is 0.471. The Bertz CT molecular complexity index is 536. The molecule has 1 saturated carbocycles. The number of aryl methyl sites for hydroxylation is 1. The summed E-state index contributed by atoms with van der Waals surface area (Å²) >= 11 is 0. The molecule has 0 aliphatic heterocycles. The van der Waals surface area contributed by atoms with Crippen molar-refractivity contribution in [1.29, 1.82) is 0 Å². The molecular weight excluding hydrogens is 250 g/mol. The van der Waals surface area contributed by atoms with Crippen molar-refractivity contribution in [1.82, 2.24) is 5.32 Å². The molecule has 1 aromatic carbocycles. The molecule has 1 aliphatic rings. The van der Waals surface area contributed by atoms with Crippen LogP contribution < -0.4 is 5.32 Å². The summed E-state index contributed by atoms with van der Waals surface area (Å²) in [6.45, 7) is 2.78. The number of hydrogen-bond acceptors (Lipinski definition) is 2. The van der Waals surface area contributed by atoms with Crippen molar-refractivity contribution < 1.29 is 9.90 Å². The lowest BCUT2D eigenvalue weighted by Crippen LogP contribution is -2.32. The van der Waals surface area contributed by atoms with Gasteiger partial charge in [0.15, 0.2) is 0 Å². The van der Waals surface area contributed by atoms with E-state index in [1.165, 1.54) is 19.3 Å². The Balaban J connectivity index is 2.08. The van der Waals surface area contributed by atoms with Gasteiger partial charge in [0, 0.05) is 18.5 Å². The zero-order chi connectivity index (χ0) is 14.4. The molecule has 0 radical (unpaired) electrons. The first-order valence-electron chi connectivity index (χ1n) is 7.19. The number of aliphatic hydroxyl groups is 1. The third kappa shape index (κ3) is 3.85. The van der Waals surface area contributed by atoms with Crippen molar-refractivity contribution in [2.45, 2.75) is 32.6 Å². The van der Waals surface area contributed by atoms with Crippen molar-refractivity contribution in [3.63, 3.8) is 0 Å². The van der Waals surface area contributed by atoms with Gasteiger partial charge in [-0.15, -0.1) is 0 Å². The second kappa shape index (κ2) is 7.12. The van der Waals surface area contributed by atoms with Gasteiger partial charge in [-0.2, -0.15) is 0 Å². The SMILES string of the molecule is Cc1ccc(C(=O)NCC2CCC2)c(C#CCCO)c1. The van der Waals surface area contributed by atoms with Crippen LogP contribution in [0.15, 0.2) is 18.2 Å². The Kier molecular flexibility index (Phi) is 5.20. The fourth-order valence-electron chi connectivity index (χ4n) is 2.20. The zero-order valence-corrected chi connectivity index (χ0v) is 11.9. The van der Waals surface area contributed by atoms with Gasteiger partial charge in [0.2, 0.25) is 0 Å². The predicted octanol–water partition coefficient (Wildman–Crippen LogP) is 2.26. The number of aliphatic hydroxyl groups excluding tert-OH is 1. The molecular formula is C17H21NO2. The van der Waals surface area contributed by atoms with Crippen molar-refractivity contribution >= 4 is 5.91 Å². The van der Waals surface area contributed by atoms with E-state index in [2.05, 4.69) is 17.2 Å². The van der Waals surface area contributed by atoms with Gasteiger partial charge in [0.25, 0.3) is 5.91 Å². The van der Waals surface area contributed by atoms with E-state index in [0.29, 0.717) is 17.9 Å². The lowest BCUT2D eigenvalue weighted by Gasteiger charge is -2.25. The second-order valence-corrected chi connectivity index (χ2v) is 5.33. The highest BCUT2D eigenvalue weighted by atomic mass is 16.2. The summed E-state index contributed by atoms with van der Waals surface area (Å²) in [6.07, 6.45) is 4.15. The van der Waals surface area contributed by atoms with E-state index in [-0.39, 0.29) is 12.5 Å². The molecule has 0 heterocycles. The van der Waals surface area contributed by atoms with Crippen molar-refractivity contribution in [2.75, 3.05) is 13.2 Å². The minimum Gasteiger partial charge on any atom is -0.395 e. The Morgan fingerprint density at radius 2 is 2.25 bits per heavy atom. The van der Waals surface area contributed by atoms with Crippen LogP contribution in [0.2, 0.25) is 0 Å².